The molecule has 0 bridgehead atoms. The molecule has 21 heteroatoms. The van der Waals surface area contributed by atoms with Gasteiger partial charge in [0.2, 0.25) is 0 Å². The minimum atomic E-state index is -4.63. The Labute approximate surface area is 430 Å². The van der Waals surface area contributed by atoms with Crippen LogP contribution in [0.2, 0.25) is 25.7 Å². The van der Waals surface area contributed by atoms with Gasteiger partial charge in [-0.25, -0.2) is 19.6 Å². The Morgan fingerprint density at radius 3 is 2.38 bits per heavy atom. The molecule has 17 nitrogen and oxygen atoms in total. The van der Waals surface area contributed by atoms with E-state index >= 15 is 0 Å². The first-order chi connectivity index (χ1) is 35.0. The van der Waals surface area contributed by atoms with E-state index in [4.69, 9.17) is 33.8 Å². The highest BCUT2D eigenvalue weighted by atomic mass is 28.3. The van der Waals surface area contributed by atoms with Crippen molar-refractivity contribution in [3.63, 3.8) is 0 Å². The topological polar surface area (TPSA) is 197 Å². The van der Waals surface area contributed by atoms with Crippen LogP contribution in [-0.4, -0.2) is 109 Å². The molecule has 1 fully saturated rings. The molecule has 3 amide bonds. The van der Waals surface area contributed by atoms with Crippen molar-refractivity contribution in [3.8, 4) is 22.8 Å². The number of anilines is 2. The van der Waals surface area contributed by atoms with Crippen LogP contribution in [0.4, 0.5) is 34.4 Å². The fourth-order valence-electron chi connectivity index (χ4n) is 8.28. The molecule has 6 rings (SSSR count). The lowest BCUT2D eigenvalue weighted by molar-refractivity contribution is -0.144. The maximum absolute atomic E-state index is 13.5. The third-order valence-electron chi connectivity index (χ3n) is 12.0. The van der Waals surface area contributed by atoms with Crippen molar-refractivity contribution in [3.05, 3.63) is 95.3 Å². The number of alkyl carbamates (subject to hydrolysis) is 1. The van der Waals surface area contributed by atoms with Gasteiger partial charge in [0, 0.05) is 67.9 Å². The van der Waals surface area contributed by atoms with E-state index in [1.54, 1.807) is 78.4 Å². The Bertz CT molecular complexity index is 2790. The van der Waals surface area contributed by atoms with Gasteiger partial charge in [-0.3, -0.25) is 19.2 Å². The molecular weight excluding hydrogens is 978 g/mol. The molecule has 1 aliphatic carbocycles. The number of carbonyl (C=O) groups excluding carboxylic acids is 4. The largest absolute Gasteiger partial charge is 0.497 e. The number of alkyl halides is 3. The van der Waals surface area contributed by atoms with Gasteiger partial charge in [-0.15, -0.1) is 0 Å². The molecule has 3 N–H and O–H groups in total. The van der Waals surface area contributed by atoms with E-state index in [9.17, 15) is 32.3 Å². The summed E-state index contributed by atoms with van der Waals surface area (Å²) in [4.78, 5) is 62.6. The zero-order valence-electron chi connectivity index (χ0n) is 43.5. The van der Waals surface area contributed by atoms with Crippen LogP contribution in [0.5, 0.6) is 11.5 Å². The molecular formula is C53H67F3N8O9Si. The first-order valence-electron chi connectivity index (χ1n) is 24.6. The highest BCUT2D eigenvalue weighted by Crippen LogP contribution is 2.40. The quantitative estimate of drug-likeness (QED) is 0.0378. The molecule has 1 saturated carbocycles. The van der Waals surface area contributed by atoms with E-state index in [2.05, 4.69) is 40.6 Å². The van der Waals surface area contributed by atoms with Gasteiger partial charge in [-0.2, -0.15) is 18.3 Å². The third kappa shape index (κ3) is 15.7. The summed E-state index contributed by atoms with van der Waals surface area (Å²) in [5.41, 5.74) is 1.68. The smallest absolute Gasteiger partial charge is 0.416 e. The van der Waals surface area contributed by atoms with Gasteiger partial charge in [0.25, 0.3) is 5.91 Å². The van der Waals surface area contributed by atoms with Gasteiger partial charge >= 0.3 is 24.3 Å². The number of carbonyl (C=O) groups is 4. The molecule has 5 aromatic rings. The second-order valence-electron chi connectivity index (χ2n) is 20.1. The summed E-state index contributed by atoms with van der Waals surface area (Å²) >= 11 is 0. The Morgan fingerprint density at radius 2 is 1.70 bits per heavy atom. The monoisotopic (exact) mass is 1040 g/mol. The van der Waals surface area contributed by atoms with Crippen LogP contribution in [0, 0.1) is 0 Å². The number of methoxy groups -OCH3 is 2. The van der Waals surface area contributed by atoms with Crippen molar-refractivity contribution in [2.45, 2.75) is 116 Å². The highest BCUT2D eigenvalue weighted by molar-refractivity contribution is 6.76. The number of esters is 1. The number of nitrogens with one attached hydrogen (secondary N) is 3. The van der Waals surface area contributed by atoms with E-state index in [0.717, 1.165) is 49.2 Å². The second kappa shape index (κ2) is 24.7. The van der Waals surface area contributed by atoms with Crippen LogP contribution in [-0.2, 0) is 31.7 Å². The third-order valence-corrected chi connectivity index (χ3v) is 13.7. The molecule has 3 heterocycles. The molecule has 1 aliphatic rings. The van der Waals surface area contributed by atoms with Crippen LogP contribution in [0.25, 0.3) is 28.2 Å². The normalized spacial score (nSPS) is 15.1. The van der Waals surface area contributed by atoms with E-state index in [1.807, 2.05) is 29.0 Å². The molecule has 2 atom stereocenters. The molecule has 0 radical (unpaired) electrons. The Balaban J connectivity index is 1.43. The van der Waals surface area contributed by atoms with E-state index in [0.29, 0.717) is 64.5 Å². The van der Waals surface area contributed by atoms with Crippen molar-refractivity contribution >= 4 is 60.8 Å². The number of fused-ring (bicyclic) bond motifs is 1. The van der Waals surface area contributed by atoms with E-state index in [1.165, 1.54) is 4.90 Å². The molecule has 0 saturated heterocycles. The maximum atomic E-state index is 13.5. The zero-order valence-corrected chi connectivity index (χ0v) is 44.5. The van der Waals surface area contributed by atoms with Crippen LogP contribution in [0.1, 0.15) is 92.9 Å². The summed E-state index contributed by atoms with van der Waals surface area (Å²) in [6.07, 6.45) is 3.77. The van der Waals surface area contributed by atoms with Crippen LogP contribution in [0.15, 0.2) is 73.1 Å². The SMILES string of the molecule is CCOC(=O)CN(CC/C=C/c1cnc(NCc2ccc(OC)cc2OC)c2c(-c3ccc(C(=O)Nc4cc(C(F)(F)F)ccn4)cc3)nn([C@@H]3CCC[C@@H](NC(=O)OCC[Si](C)(C)C)C3)c12)C(=O)OC(C)(C)C. The molecule has 0 unspecified atom stereocenters. The number of nitrogens with zero attached hydrogens (tertiary/aromatic N) is 5. The van der Waals surface area contributed by atoms with Gasteiger partial charge in [0.1, 0.15) is 41.0 Å². The molecule has 3 aromatic heterocycles. The summed E-state index contributed by atoms with van der Waals surface area (Å²) in [7, 11) is 1.70. The van der Waals surface area contributed by atoms with Crippen molar-refractivity contribution < 1.29 is 56.0 Å². The fraction of sp³-hybridized carbons (Fsp3) is 0.453. The summed E-state index contributed by atoms with van der Waals surface area (Å²) in [5, 5.41) is 15.0. The number of hydrogen-bond acceptors (Lipinski definition) is 13. The minimum absolute atomic E-state index is 0.127. The van der Waals surface area contributed by atoms with Gasteiger partial charge < -0.3 is 39.6 Å². The highest BCUT2D eigenvalue weighted by Gasteiger charge is 2.32. The molecule has 0 aliphatic heterocycles. The zero-order chi connectivity index (χ0) is 53.8. The Morgan fingerprint density at radius 1 is 0.946 bits per heavy atom. The maximum Gasteiger partial charge on any atom is 0.416 e. The van der Waals surface area contributed by atoms with E-state index in [-0.39, 0.29) is 49.7 Å². The van der Waals surface area contributed by atoms with Gasteiger partial charge in [0.15, 0.2) is 0 Å². The summed E-state index contributed by atoms with van der Waals surface area (Å²) in [6, 6.07) is 14.0. The Kier molecular flexibility index (Phi) is 18.7. The number of benzene rings is 2. The van der Waals surface area contributed by atoms with Crippen molar-refractivity contribution in [1.82, 2.24) is 30.0 Å². The van der Waals surface area contributed by atoms with Gasteiger partial charge in [-0.1, -0.05) is 43.9 Å². The summed E-state index contributed by atoms with van der Waals surface area (Å²) in [5.74, 6) is 0.171. The molecule has 0 spiro atoms. The summed E-state index contributed by atoms with van der Waals surface area (Å²) < 4.78 is 69.9. The lowest BCUT2D eigenvalue weighted by Gasteiger charge is -2.30. The van der Waals surface area contributed by atoms with E-state index < -0.39 is 49.5 Å². The van der Waals surface area contributed by atoms with Crippen LogP contribution in [0.3, 0.4) is 0 Å². The van der Waals surface area contributed by atoms with Crippen molar-refractivity contribution in [2.24, 2.45) is 0 Å². The number of amides is 3. The van der Waals surface area contributed by atoms with Crippen LogP contribution >= 0.6 is 0 Å². The number of ether oxygens (including phenoxy) is 5. The number of hydrogen-bond donors (Lipinski definition) is 3. The van der Waals surface area contributed by atoms with Crippen LogP contribution < -0.4 is 25.4 Å². The number of halogens is 3. The average Bonchev–Trinajstić information content (AvgIpc) is 3.75. The summed E-state index contributed by atoms with van der Waals surface area (Å²) in [6.45, 7) is 14.2. The number of pyridine rings is 2. The first kappa shape index (κ1) is 56.1. The molecule has 398 valence electrons. The molecule has 74 heavy (non-hydrogen) atoms. The predicted octanol–water partition coefficient (Wildman–Crippen LogP) is 11.1. The minimum Gasteiger partial charge on any atom is -0.497 e. The van der Waals surface area contributed by atoms with Gasteiger partial charge in [-0.05, 0) is 102 Å². The van der Waals surface area contributed by atoms with Crippen molar-refractivity contribution in [2.75, 3.05) is 51.2 Å². The lowest BCUT2D eigenvalue weighted by Crippen LogP contribution is -2.40. The number of rotatable bonds is 20. The van der Waals surface area contributed by atoms with Crippen molar-refractivity contribution in [1.29, 1.82) is 0 Å². The average molecular weight is 1050 g/mol. The second-order valence-corrected chi connectivity index (χ2v) is 25.7. The fourth-order valence-corrected chi connectivity index (χ4v) is 8.99. The Hall–Kier alpha value is -7.16. The molecule has 2 aromatic carbocycles. The first-order valence-corrected chi connectivity index (χ1v) is 28.3. The lowest BCUT2D eigenvalue weighted by atomic mass is 9.91. The standard InChI is InChI=1S/C53H67F3N8O9Si/c1-10-71-44(65)33-63(51(68)73-52(2,3)4)25-12-11-14-37-32-59-48(58-31-36-21-22-41(69-5)30-42(36)70-6)45-46(34-17-19-35(20-18-34)49(66)61-43-28-38(23-24-57-43)53(54,55)56)62-64(47(37)45)40-16-13-15-39(29-40)60-50(67)72-26-27-74(7,8)9/h11,14,17-24,28,30,32,39-40H,10,12-13,15-16,25-27,29,31,33H2,1-9H3,(H,58,59)(H,60,67)(H,57,61,66)/b14-11+/t39-,40-/m1/s1. The predicted molar refractivity (Wildman–Crippen MR) is 279 cm³/mol. The van der Waals surface area contributed by atoms with Gasteiger partial charge in [0.05, 0.1) is 49.9 Å². The number of aromatic nitrogens is 4.